The summed E-state index contributed by atoms with van der Waals surface area (Å²) in [6.07, 6.45) is 0. The van der Waals surface area contributed by atoms with E-state index in [0.29, 0.717) is 0 Å². The van der Waals surface area contributed by atoms with E-state index in [9.17, 15) is 0 Å². The first-order valence-electron chi connectivity index (χ1n) is 18.7. The second kappa shape index (κ2) is 10.8. The molecule has 0 amide bonds. The van der Waals surface area contributed by atoms with Crippen LogP contribution in [0.1, 0.15) is 0 Å². The highest BCUT2D eigenvalue weighted by Crippen LogP contribution is 2.49. The molecule has 0 bridgehead atoms. The van der Waals surface area contributed by atoms with Crippen molar-refractivity contribution in [1.82, 2.24) is 18.9 Å². The molecule has 8 aromatic carbocycles. The van der Waals surface area contributed by atoms with Gasteiger partial charge in [0.1, 0.15) is 4.83 Å². The van der Waals surface area contributed by atoms with Crippen LogP contribution in [0.15, 0.2) is 170 Å². The first-order chi connectivity index (χ1) is 27.3. The third-order valence-electron chi connectivity index (χ3n) is 11.7. The van der Waals surface area contributed by atoms with Gasteiger partial charge in [0.25, 0.3) is 0 Å². The second-order valence-corrected chi connectivity index (χ2v) is 15.6. The predicted molar refractivity (Wildman–Crippen MR) is 232 cm³/mol. The molecule has 5 aromatic heterocycles. The number of fused-ring (bicyclic) bond motifs is 15. The van der Waals surface area contributed by atoms with Crippen LogP contribution < -0.4 is 0 Å². The summed E-state index contributed by atoms with van der Waals surface area (Å²) in [6, 6.07) is 61.4. The predicted octanol–water partition coefficient (Wildman–Crippen LogP) is 13.6. The van der Waals surface area contributed by atoms with Crippen molar-refractivity contribution in [2.45, 2.75) is 0 Å². The summed E-state index contributed by atoms with van der Waals surface area (Å²) in [5.74, 6) is 1.63. The minimum Gasteiger partial charge on any atom is -0.307 e. The molecule has 254 valence electrons. The molecule has 5 heterocycles. The minimum absolute atomic E-state index is 0.721. The van der Waals surface area contributed by atoms with Gasteiger partial charge in [0.05, 0.1) is 33.0 Å². The molecule has 0 N–H and O–H groups in total. The fourth-order valence-corrected chi connectivity index (χ4v) is 10.4. The quantitative estimate of drug-likeness (QED) is 0.182. The van der Waals surface area contributed by atoms with Gasteiger partial charge in [-0.1, -0.05) is 146 Å². The van der Waals surface area contributed by atoms with Crippen molar-refractivity contribution >= 4 is 102 Å². The Labute approximate surface area is 318 Å². The van der Waals surface area contributed by atoms with Crippen LogP contribution in [-0.2, 0) is 0 Å². The Balaban J connectivity index is 1.20. The number of benzene rings is 8. The summed E-state index contributed by atoms with van der Waals surface area (Å²) >= 11 is 1.74. The summed E-state index contributed by atoms with van der Waals surface area (Å²) in [6.45, 7) is 0. The molecule has 0 spiro atoms. The van der Waals surface area contributed by atoms with Crippen molar-refractivity contribution < 1.29 is 0 Å². The van der Waals surface area contributed by atoms with Crippen molar-refractivity contribution in [1.29, 1.82) is 0 Å². The number of para-hydroxylation sites is 2. The SMILES string of the molecule is c1ccc(-c2ccc(-c3nc(-n4c5ccccc5c5c6c7ccc8ccccc8c7n7c8ccccc8c(cc54)c67)c4c(n3)sc3ccccc34)cc2)cc1. The summed E-state index contributed by atoms with van der Waals surface area (Å²) in [4.78, 5) is 11.9. The first-order valence-corrected chi connectivity index (χ1v) is 19.5. The largest absolute Gasteiger partial charge is 0.307 e. The average molecular weight is 717 g/mol. The van der Waals surface area contributed by atoms with Crippen molar-refractivity contribution in [3.63, 3.8) is 0 Å². The van der Waals surface area contributed by atoms with Gasteiger partial charge in [0, 0.05) is 53.4 Å². The van der Waals surface area contributed by atoms with Crippen LogP contribution in [0, 0.1) is 0 Å². The molecule has 4 nitrogen and oxygen atoms in total. The third kappa shape index (κ3) is 3.89. The lowest BCUT2D eigenvalue weighted by atomic mass is 10.00. The van der Waals surface area contributed by atoms with E-state index in [0.717, 1.165) is 38.5 Å². The summed E-state index contributed by atoms with van der Waals surface area (Å²) in [5, 5.41) is 12.3. The van der Waals surface area contributed by atoms with E-state index >= 15 is 0 Å². The fraction of sp³-hybridized carbons (Fsp3) is 0. The molecule has 5 heteroatoms. The molecule has 0 atom stereocenters. The van der Waals surface area contributed by atoms with Crippen molar-refractivity contribution in [3.05, 3.63) is 170 Å². The average Bonchev–Trinajstić information content (AvgIpc) is 3.99. The lowest BCUT2D eigenvalue weighted by Crippen LogP contribution is -2.01. The van der Waals surface area contributed by atoms with Crippen LogP contribution in [0.25, 0.3) is 119 Å². The number of nitrogens with zero attached hydrogens (tertiary/aromatic N) is 4. The molecule has 0 aliphatic heterocycles. The maximum Gasteiger partial charge on any atom is 0.163 e. The first kappa shape index (κ1) is 29.4. The van der Waals surface area contributed by atoms with E-state index in [1.165, 1.54) is 80.9 Å². The van der Waals surface area contributed by atoms with Gasteiger partial charge in [-0.3, -0.25) is 4.57 Å². The van der Waals surface area contributed by atoms with Crippen LogP contribution >= 0.6 is 11.3 Å². The molecular formula is C50H28N4S. The van der Waals surface area contributed by atoms with Gasteiger partial charge in [-0.25, -0.2) is 9.97 Å². The Morgan fingerprint density at radius 2 is 1.07 bits per heavy atom. The number of thiophene rings is 1. The van der Waals surface area contributed by atoms with Gasteiger partial charge in [0.15, 0.2) is 11.6 Å². The number of hydrogen-bond acceptors (Lipinski definition) is 3. The smallest absolute Gasteiger partial charge is 0.163 e. The van der Waals surface area contributed by atoms with Crippen LogP contribution in [0.4, 0.5) is 0 Å². The number of hydrogen-bond donors (Lipinski definition) is 0. The fourth-order valence-electron chi connectivity index (χ4n) is 9.33. The van der Waals surface area contributed by atoms with E-state index in [1.54, 1.807) is 11.3 Å². The van der Waals surface area contributed by atoms with Gasteiger partial charge in [0.2, 0.25) is 0 Å². The molecule has 0 fully saturated rings. The standard InChI is InChI=1S/C50H28N4S/c1-2-12-29(13-3-1)30-22-24-32(25-23-30)48-51-49(45-36-18-8-11-21-42(36)55-50(45)52-48)53-40-20-10-7-17-35(40)43-41(53)28-38-34-16-6-9-19-39(34)54-46-33-15-5-4-14-31(33)26-27-37(46)44(43)47(38)54/h1-28H. The van der Waals surface area contributed by atoms with Gasteiger partial charge in [-0.15, -0.1) is 11.3 Å². The zero-order valence-electron chi connectivity index (χ0n) is 29.4. The Morgan fingerprint density at radius 1 is 0.400 bits per heavy atom. The summed E-state index contributed by atoms with van der Waals surface area (Å²) < 4.78 is 6.15. The third-order valence-corrected chi connectivity index (χ3v) is 12.7. The molecule has 0 radical (unpaired) electrons. The molecule has 0 aliphatic carbocycles. The minimum atomic E-state index is 0.721. The van der Waals surface area contributed by atoms with Crippen LogP contribution in [0.5, 0.6) is 0 Å². The van der Waals surface area contributed by atoms with Crippen molar-refractivity contribution in [3.8, 4) is 28.3 Å². The Hall–Kier alpha value is -7.08. The maximum atomic E-state index is 5.58. The van der Waals surface area contributed by atoms with Crippen molar-refractivity contribution in [2.24, 2.45) is 0 Å². The maximum absolute atomic E-state index is 5.58. The molecule has 0 aliphatic rings. The second-order valence-electron chi connectivity index (χ2n) is 14.5. The highest BCUT2D eigenvalue weighted by Gasteiger charge is 2.27. The van der Waals surface area contributed by atoms with Crippen LogP contribution in [0.3, 0.4) is 0 Å². The van der Waals surface area contributed by atoms with E-state index in [1.807, 2.05) is 0 Å². The molecule has 0 unspecified atom stereocenters. The van der Waals surface area contributed by atoms with Gasteiger partial charge < -0.3 is 4.40 Å². The molecule has 0 saturated heterocycles. The topological polar surface area (TPSA) is 35.1 Å². The monoisotopic (exact) mass is 716 g/mol. The zero-order valence-corrected chi connectivity index (χ0v) is 30.2. The van der Waals surface area contributed by atoms with E-state index in [2.05, 4.69) is 179 Å². The van der Waals surface area contributed by atoms with Crippen LogP contribution in [-0.4, -0.2) is 18.9 Å². The van der Waals surface area contributed by atoms with E-state index < -0.39 is 0 Å². The molecule has 13 aromatic rings. The molecular weight excluding hydrogens is 689 g/mol. The Morgan fingerprint density at radius 3 is 1.93 bits per heavy atom. The number of rotatable bonds is 3. The number of aromatic nitrogens is 4. The highest BCUT2D eigenvalue weighted by molar-refractivity contribution is 7.25. The normalized spacial score (nSPS) is 12.4. The molecule has 13 rings (SSSR count). The lowest BCUT2D eigenvalue weighted by Gasteiger charge is -2.12. The summed E-state index contributed by atoms with van der Waals surface area (Å²) in [7, 11) is 0. The Kier molecular flexibility index (Phi) is 5.74. The van der Waals surface area contributed by atoms with Gasteiger partial charge >= 0.3 is 0 Å². The Bertz CT molecular complexity index is 3700. The lowest BCUT2D eigenvalue weighted by molar-refractivity contribution is 1.08. The zero-order chi connectivity index (χ0) is 35.8. The van der Waals surface area contributed by atoms with E-state index in [-0.39, 0.29) is 0 Å². The van der Waals surface area contributed by atoms with Crippen LogP contribution in [0.2, 0.25) is 0 Å². The van der Waals surface area contributed by atoms with E-state index in [4.69, 9.17) is 9.97 Å². The molecule has 55 heavy (non-hydrogen) atoms. The van der Waals surface area contributed by atoms with Crippen molar-refractivity contribution in [2.75, 3.05) is 0 Å². The van der Waals surface area contributed by atoms with Gasteiger partial charge in [-0.2, -0.15) is 0 Å². The highest BCUT2D eigenvalue weighted by atomic mass is 32.1. The van der Waals surface area contributed by atoms with Gasteiger partial charge in [-0.05, 0) is 40.8 Å². The molecule has 0 saturated carbocycles. The summed E-state index contributed by atoms with van der Waals surface area (Å²) in [5.41, 5.74) is 9.40.